The Hall–Kier alpha value is -1.10. The topological polar surface area (TPSA) is 78.1 Å². The first kappa shape index (κ1) is 6.03. The lowest BCUT2D eigenvalue weighted by atomic mass is 10.3. The zero-order chi connectivity index (χ0) is 6.85. The van der Waals surface area contributed by atoms with Crippen LogP contribution in [0.3, 0.4) is 0 Å². The van der Waals surface area contributed by atoms with Crippen molar-refractivity contribution in [1.82, 2.24) is 10.6 Å². The van der Waals surface area contributed by atoms with E-state index in [0.29, 0.717) is 0 Å². The summed E-state index contributed by atoms with van der Waals surface area (Å²) in [6, 6.07) is 0. The molecule has 5 nitrogen and oxygen atoms in total. The first-order chi connectivity index (χ1) is 4.22. The highest BCUT2D eigenvalue weighted by Crippen LogP contribution is 1.87. The van der Waals surface area contributed by atoms with Crippen molar-refractivity contribution in [2.24, 2.45) is 0 Å². The second-order valence-corrected chi connectivity index (χ2v) is 1.64. The molecule has 0 spiro atoms. The molecule has 2 amide bonds. The van der Waals surface area contributed by atoms with Crippen LogP contribution in [0.15, 0.2) is 0 Å². The van der Waals surface area contributed by atoms with Crippen molar-refractivity contribution >= 4 is 11.8 Å². The highest BCUT2D eigenvalue weighted by Gasteiger charge is 2.28. The average molecular weight is 129 g/mol. The van der Waals surface area contributed by atoms with Crippen molar-refractivity contribution in [3.63, 3.8) is 0 Å². The molecule has 49 valence electrons. The molecule has 0 saturated carbocycles. The molecule has 1 fully saturated rings. The van der Waals surface area contributed by atoms with Crippen LogP contribution in [0.25, 0.3) is 0 Å². The Labute approximate surface area is 51.0 Å². The van der Waals surface area contributed by atoms with Crippen molar-refractivity contribution < 1.29 is 14.7 Å². The lowest BCUT2D eigenvalue weighted by Gasteiger charge is -2.15. The Balaban J connectivity index is 2.62. The van der Waals surface area contributed by atoms with E-state index in [1.54, 1.807) is 0 Å². The third-order valence-electron chi connectivity index (χ3n) is 1.00. The molecular formula is C4H5N2O3. The summed E-state index contributed by atoms with van der Waals surface area (Å²) in [5, 5.41) is 14.7. The number of hydrogen-bond acceptors (Lipinski definition) is 2. The maximum Gasteiger partial charge on any atom is 0.263 e. The first-order valence-corrected chi connectivity index (χ1v) is 2.43. The SMILES string of the molecule is [O]C1C(=O)NCNC1=O. The van der Waals surface area contributed by atoms with Gasteiger partial charge in [0.15, 0.2) is 0 Å². The Morgan fingerprint density at radius 2 is 1.67 bits per heavy atom. The van der Waals surface area contributed by atoms with Crippen molar-refractivity contribution in [2.75, 3.05) is 6.67 Å². The van der Waals surface area contributed by atoms with E-state index in [9.17, 15) is 14.7 Å². The third-order valence-corrected chi connectivity index (χ3v) is 1.00. The average Bonchev–Trinajstić information content (AvgIpc) is 1.83. The van der Waals surface area contributed by atoms with Gasteiger partial charge in [0.25, 0.3) is 11.8 Å². The molecule has 0 aromatic heterocycles. The van der Waals surface area contributed by atoms with Gasteiger partial charge in [-0.3, -0.25) is 9.59 Å². The van der Waals surface area contributed by atoms with E-state index in [0.717, 1.165) is 0 Å². The molecule has 0 bridgehead atoms. The van der Waals surface area contributed by atoms with Gasteiger partial charge >= 0.3 is 0 Å². The van der Waals surface area contributed by atoms with E-state index in [1.807, 2.05) is 0 Å². The van der Waals surface area contributed by atoms with Gasteiger partial charge in [0.05, 0.1) is 6.67 Å². The van der Waals surface area contributed by atoms with Gasteiger partial charge in [-0.25, -0.2) is 5.11 Å². The normalized spacial score (nSPS) is 21.0. The van der Waals surface area contributed by atoms with E-state index >= 15 is 0 Å². The molecule has 1 aliphatic heterocycles. The molecule has 1 rings (SSSR count). The van der Waals surface area contributed by atoms with Gasteiger partial charge < -0.3 is 10.6 Å². The van der Waals surface area contributed by atoms with Gasteiger partial charge in [0.1, 0.15) is 0 Å². The van der Waals surface area contributed by atoms with Gasteiger partial charge in [-0.05, 0) is 0 Å². The fourth-order valence-corrected chi connectivity index (χ4v) is 0.523. The highest BCUT2D eigenvalue weighted by molar-refractivity contribution is 6.04. The molecule has 5 heteroatoms. The van der Waals surface area contributed by atoms with Crippen LogP contribution in [0.4, 0.5) is 0 Å². The molecule has 9 heavy (non-hydrogen) atoms. The molecule has 0 aliphatic carbocycles. The smallest absolute Gasteiger partial charge is 0.263 e. The number of hydrogen-bond donors (Lipinski definition) is 2. The van der Waals surface area contributed by atoms with E-state index in [1.165, 1.54) is 0 Å². The Morgan fingerprint density at radius 1 is 1.22 bits per heavy atom. The Morgan fingerprint density at radius 3 is 2.00 bits per heavy atom. The lowest BCUT2D eigenvalue weighted by Crippen LogP contribution is -2.54. The highest BCUT2D eigenvalue weighted by atomic mass is 16.3. The predicted octanol–water partition coefficient (Wildman–Crippen LogP) is -2.01. The minimum Gasteiger partial charge on any atom is -0.336 e. The number of carbonyl (C=O) groups is 2. The summed E-state index contributed by atoms with van der Waals surface area (Å²) in [6.45, 7) is 0.0659. The van der Waals surface area contributed by atoms with E-state index in [-0.39, 0.29) is 6.67 Å². The van der Waals surface area contributed by atoms with Gasteiger partial charge in [-0.1, -0.05) is 0 Å². The van der Waals surface area contributed by atoms with Crippen LogP contribution in [-0.2, 0) is 14.7 Å². The summed E-state index contributed by atoms with van der Waals surface area (Å²) in [6.07, 6.45) is -1.78. The molecular weight excluding hydrogens is 124 g/mol. The monoisotopic (exact) mass is 129 g/mol. The fourth-order valence-electron chi connectivity index (χ4n) is 0.523. The standard InChI is InChI=1S/C4H5N2O3/c7-2-3(8)5-1-6-4(2)9/h2H,1H2,(H,5,8)(H,6,9). The van der Waals surface area contributed by atoms with Crippen LogP contribution in [0.5, 0.6) is 0 Å². The first-order valence-electron chi connectivity index (χ1n) is 2.43. The van der Waals surface area contributed by atoms with Crippen LogP contribution in [0.1, 0.15) is 0 Å². The van der Waals surface area contributed by atoms with Crippen molar-refractivity contribution in [1.29, 1.82) is 0 Å². The van der Waals surface area contributed by atoms with Gasteiger partial charge in [-0.15, -0.1) is 0 Å². The summed E-state index contributed by atoms with van der Waals surface area (Å²) >= 11 is 0. The molecule has 1 saturated heterocycles. The number of amides is 2. The van der Waals surface area contributed by atoms with Gasteiger partial charge in [-0.2, -0.15) is 0 Å². The quantitative estimate of drug-likeness (QED) is 0.370. The maximum absolute atomic E-state index is 10.4. The molecule has 2 N–H and O–H groups in total. The van der Waals surface area contributed by atoms with Crippen molar-refractivity contribution in [2.45, 2.75) is 6.10 Å². The van der Waals surface area contributed by atoms with Crippen LogP contribution in [0.2, 0.25) is 0 Å². The summed E-state index contributed by atoms with van der Waals surface area (Å²) < 4.78 is 0. The van der Waals surface area contributed by atoms with E-state index in [4.69, 9.17) is 0 Å². The van der Waals surface area contributed by atoms with E-state index in [2.05, 4.69) is 10.6 Å². The summed E-state index contributed by atoms with van der Waals surface area (Å²) in [7, 11) is 0. The van der Waals surface area contributed by atoms with Gasteiger partial charge in [0, 0.05) is 0 Å². The van der Waals surface area contributed by atoms with E-state index < -0.39 is 17.9 Å². The lowest BCUT2D eigenvalue weighted by molar-refractivity contribution is -0.148. The fraction of sp³-hybridized carbons (Fsp3) is 0.500. The predicted molar refractivity (Wildman–Crippen MR) is 25.6 cm³/mol. The van der Waals surface area contributed by atoms with Gasteiger partial charge in [0.2, 0.25) is 6.10 Å². The third kappa shape index (κ3) is 0.996. The molecule has 0 aromatic carbocycles. The molecule has 0 aromatic rings. The Kier molecular flexibility index (Phi) is 1.35. The summed E-state index contributed by atoms with van der Waals surface area (Å²) in [4.78, 5) is 20.6. The van der Waals surface area contributed by atoms with Crippen molar-refractivity contribution in [3.05, 3.63) is 0 Å². The molecule has 1 radical (unpaired) electrons. The molecule has 0 atom stereocenters. The zero-order valence-electron chi connectivity index (χ0n) is 4.51. The summed E-state index contributed by atoms with van der Waals surface area (Å²) in [5.74, 6) is -1.50. The number of rotatable bonds is 0. The second-order valence-electron chi connectivity index (χ2n) is 1.64. The molecule has 1 aliphatic rings. The largest absolute Gasteiger partial charge is 0.336 e. The Bertz CT molecular complexity index is 140. The van der Waals surface area contributed by atoms with Crippen LogP contribution in [-0.4, -0.2) is 24.6 Å². The van der Waals surface area contributed by atoms with Crippen LogP contribution >= 0.6 is 0 Å². The zero-order valence-corrected chi connectivity index (χ0v) is 4.51. The second kappa shape index (κ2) is 2.02. The van der Waals surface area contributed by atoms with Crippen LogP contribution in [0, 0.1) is 0 Å². The number of carbonyl (C=O) groups excluding carboxylic acids is 2. The minimum atomic E-state index is -1.78. The van der Waals surface area contributed by atoms with Crippen molar-refractivity contribution in [3.8, 4) is 0 Å². The maximum atomic E-state index is 10.4. The van der Waals surface area contributed by atoms with Crippen LogP contribution < -0.4 is 10.6 Å². The molecule has 1 heterocycles. The minimum absolute atomic E-state index is 0.0659. The molecule has 0 unspecified atom stereocenters. The summed E-state index contributed by atoms with van der Waals surface area (Å²) in [5.41, 5.74) is 0. The number of nitrogens with one attached hydrogen (secondary N) is 2.